The second-order valence-electron chi connectivity index (χ2n) is 1.50. The Balaban J connectivity index is -0.000000201. The molecule has 0 atom stereocenters. The topological polar surface area (TPSA) is 202 Å². The molecule has 7 N–H and O–H groups in total. The van der Waals surface area contributed by atoms with E-state index in [1.165, 1.54) is 0 Å². The van der Waals surface area contributed by atoms with Crippen molar-refractivity contribution in [2.24, 2.45) is 0 Å². The van der Waals surface area contributed by atoms with Gasteiger partial charge in [-0.1, -0.05) is 6.58 Å². The Morgan fingerprint density at radius 3 is 1.19 bits per heavy atom. The molecule has 14 heteroatoms. The van der Waals surface area contributed by atoms with Crippen molar-refractivity contribution in [3.05, 3.63) is 12.8 Å². The largest absolute Gasteiger partial charge is 0.692 e. The van der Waals surface area contributed by atoms with Crippen LogP contribution in [0.3, 0.4) is 0 Å². The highest BCUT2D eigenvalue weighted by molar-refractivity contribution is 7.60. The Morgan fingerprint density at radius 1 is 1.06 bits per heavy atom. The quantitative estimate of drug-likeness (QED) is 0.256. The summed E-state index contributed by atoms with van der Waals surface area (Å²) in [5.41, 5.74) is 0. The molecule has 0 radical (unpaired) electrons. The van der Waals surface area contributed by atoms with E-state index in [2.05, 4.69) is 10.9 Å². The molecule has 0 rings (SSSR count). The maximum atomic E-state index is 9.63. The van der Waals surface area contributed by atoms with Crippen LogP contribution in [0.25, 0.3) is 0 Å². The van der Waals surface area contributed by atoms with Crippen LogP contribution in [0.5, 0.6) is 0 Å². The summed E-state index contributed by atoms with van der Waals surface area (Å²) in [5.74, 6) is 0. The van der Waals surface area contributed by atoms with Gasteiger partial charge in [0, 0.05) is 4.57 Å². The first-order chi connectivity index (χ1) is 6.85. The summed E-state index contributed by atoms with van der Waals surface area (Å²) < 4.78 is 30.9. The lowest BCUT2D eigenvalue weighted by molar-refractivity contribution is 0.225. The summed E-state index contributed by atoms with van der Waals surface area (Å²) >= 11 is 0. The van der Waals surface area contributed by atoms with Gasteiger partial charge in [0.05, 0.1) is 6.26 Å². The molecule has 0 heterocycles. The molecular weight excluding hydrogens is 293 g/mol. The van der Waals surface area contributed by atoms with E-state index >= 15 is 0 Å². The SMILES string of the molecule is C=CO.O=P(O)(O)OP(=O)(O)O.O=[P+](O)O. The van der Waals surface area contributed by atoms with Gasteiger partial charge in [-0.2, -0.15) is 4.31 Å². The fraction of sp³-hybridized carbons (Fsp3) is 0. The monoisotopic (exact) mass is 303 g/mol. The average molecular weight is 303 g/mol. The Bertz CT molecular complexity index is 260. The number of rotatable bonds is 2. The number of aliphatic hydroxyl groups is 1. The molecule has 0 bridgehead atoms. The van der Waals surface area contributed by atoms with Gasteiger partial charge in [0.15, 0.2) is 0 Å². The van der Waals surface area contributed by atoms with Crippen LogP contribution >= 0.6 is 23.9 Å². The molecule has 0 aliphatic heterocycles. The van der Waals surface area contributed by atoms with Gasteiger partial charge in [-0.25, -0.2) is 9.13 Å². The average Bonchev–Trinajstić information content (AvgIpc) is 1.75. The zero-order chi connectivity index (χ0) is 14.0. The highest BCUT2D eigenvalue weighted by Gasteiger charge is 2.27. The molecular formula is C2H10O11P3+. The van der Waals surface area contributed by atoms with Gasteiger partial charge >= 0.3 is 23.9 Å². The van der Waals surface area contributed by atoms with Crippen molar-refractivity contribution >= 4 is 23.9 Å². The van der Waals surface area contributed by atoms with E-state index in [9.17, 15) is 9.13 Å². The van der Waals surface area contributed by atoms with Crippen LogP contribution in [0, 0.1) is 0 Å². The summed E-state index contributed by atoms with van der Waals surface area (Å²) in [7, 11) is -13.0. The van der Waals surface area contributed by atoms with E-state index in [-0.39, 0.29) is 0 Å². The highest BCUT2D eigenvalue weighted by atomic mass is 31.3. The van der Waals surface area contributed by atoms with Crippen LogP contribution < -0.4 is 0 Å². The first-order valence-electron chi connectivity index (χ1n) is 2.78. The van der Waals surface area contributed by atoms with Crippen LogP contribution in [0.15, 0.2) is 12.8 Å². The number of hydrogen-bond acceptors (Lipinski definition) is 5. The van der Waals surface area contributed by atoms with Gasteiger partial charge in [-0.05, 0) is 0 Å². The first kappa shape index (κ1) is 21.1. The molecule has 98 valence electrons. The van der Waals surface area contributed by atoms with Crippen LogP contribution in [0.1, 0.15) is 0 Å². The molecule has 0 aliphatic carbocycles. The van der Waals surface area contributed by atoms with Crippen LogP contribution in [0.4, 0.5) is 0 Å². The van der Waals surface area contributed by atoms with E-state index in [4.69, 9.17) is 39.0 Å². The Kier molecular flexibility index (Phi) is 13.2. The maximum absolute atomic E-state index is 9.63. The van der Waals surface area contributed by atoms with E-state index in [0.29, 0.717) is 0 Å². The van der Waals surface area contributed by atoms with E-state index in [1.807, 2.05) is 0 Å². The van der Waals surface area contributed by atoms with Gasteiger partial charge in [-0.15, -0.1) is 9.79 Å². The molecule has 0 fully saturated rings. The second-order valence-corrected chi connectivity index (χ2v) is 4.62. The molecule has 0 aromatic rings. The third-order valence-corrected chi connectivity index (χ3v) is 1.91. The van der Waals surface area contributed by atoms with Gasteiger partial charge in [0.2, 0.25) is 0 Å². The Labute approximate surface area is 90.1 Å². The van der Waals surface area contributed by atoms with Crippen LogP contribution in [-0.2, 0) is 18.0 Å². The minimum absolute atomic E-state index is 0.750. The summed E-state index contributed by atoms with van der Waals surface area (Å²) in [6, 6.07) is 0. The Morgan fingerprint density at radius 2 is 1.19 bits per heavy atom. The lowest BCUT2D eigenvalue weighted by atomic mass is 11.2. The Hall–Kier alpha value is -0.180. The van der Waals surface area contributed by atoms with Gasteiger partial charge in [-0.3, -0.25) is 0 Å². The third-order valence-electron chi connectivity index (χ3n) is 0.213. The van der Waals surface area contributed by atoms with Crippen molar-refractivity contribution < 1.29 is 52.5 Å². The summed E-state index contributed by atoms with van der Waals surface area (Å²) in [6.45, 7) is 2.92. The molecule has 0 amide bonds. The summed E-state index contributed by atoms with van der Waals surface area (Å²) in [4.78, 5) is 45.2. The van der Waals surface area contributed by atoms with Crippen molar-refractivity contribution in [1.29, 1.82) is 0 Å². The van der Waals surface area contributed by atoms with Gasteiger partial charge in [0.1, 0.15) is 0 Å². The molecule has 0 aromatic carbocycles. The van der Waals surface area contributed by atoms with Crippen molar-refractivity contribution in [1.82, 2.24) is 0 Å². The standard InChI is InChI=1S/C2H4O.H4O7P2.HO3P/c1-2-3;1-8(2,3)7-9(4,5)6;1-4(2)3/h2-3H,1H2;(H2,1,2,3)(H2,4,5,6);(H-,1,2,3)/p+1. The fourth-order valence-corrected chi connectivity index (χ4v) is 1.25. The van der Waals surface area contributed by atoms with Gasteiger partial charge < -0.3 is 24.7 Å². The first-order valence-corrected chi connectivity index (χ1v) is 7.01. The summed E-state index contributed by atoms with van der Waals surface area (Å²) in [5, 5.41) is 7.33. The number of aliphatic hydroxyl groups excluding tert-OH is 1. The number of phosphoric acid groups is 2. The number of hydrogen-bond donors (Lipinski definition) is 7. The van der Waals surface area contributed by atoms with E-state index < -0.39 is 23.9 Å². The predicted molar refractivity (Wildman–Crippen MR) is 50.0 cm³/mol. The van der Waals surface area contributed by atoms with E-state index in [0.717, 1.165) is 6.26 Å². The summed E-state index contributed by atoms with van der Waals surface area (Å²) in [6.07, 6.45) is 0.750. The smallest absolute Gasteiger partial charge is 0.516 e. The molecule has 0 saturated carbocycles. The van der Waals surface area contributed by atoms with Crippen LogP contribution in [0.2, 0.25) is 0 Å². The van der Waals surface area contributed by atoms with Gasteiger partial charge in [0.25, 0.3) is 0 Å². The van der Waals surface area contributed by atoms with Crippen molar-refractivity contribution in [2.45, 2.75) is 0 Å². The minimum Gasteiger partial charge on any atom is -0.516 e. The predicted octanol–water partition coefficient (Wildman–Crippen LogP) is -0.495. The molecule has 0 saturated heterocycles. The zero-order valence-electron chi connectivity index (χ0n) is 7.39. The lowest BCUT2D eigenvalue weighted by Crippen LogP contribution is -1.84. The highest BCUT2D eigenvalue weighted by Crippen LogP contribution is 2.53. The van der Waals surface area contributed by atoms with E-state index in [1.54, 1.807) is 0 Å². The minimum atomic E-state index is -5.05. The second kappa shape index (κ2) is 10.0. The lowest BCUT2D eigenvalue weighted by Gasteiger charge is -2.03. The molecule has 0 unspecified atom stereocenters. The molecule has 16 heavy (non-hydrogen) atoms. The molecule has 0 spiro atoms. The fourth-order valence-electron chi connectivity index (χ4n) is 0.139. The maximum Gasteiger partial charge on any atom is 0.692 e. The molecule has 0 aromatic heterocycles. The van der Waals surface area contributed by atoms with Crippen molar-refractivity contribution in [2.75, 3.05) is 0 Å². The van der Waals surface area contributed by atoms with Crippen LogP contribution in [-0.4, -0.2) is 34.5 Å². The van der Waals surface area contributed by atoms with Crippen molar-refractivity contribution in [3.8, 4) is 0 Å². The normalized spacial score (nSPS) is 10.1. The van der Waals surface area contributed by atoms with Crippen molar-refractivity contribution in [3.63, 3.8) is 0 Å². The zero-order valence-corrected chi connectivity index (χ0v) is 10.1. The molecule has 11 nitrogen and oxygen atoms in total. The third kappa shape index (κ3) is 67.1. The molecule has 0 aliphatic rings.